The number of benzene rings is 1. The van der Waals surface area contributed by atoms with E-state index < -0.39 is 0 Å². The molecule has 0 nitrogen and oxygen atoms in total. The standard InChI is InChI=1S/C18H25/c1-3-5-9-15-13-14-16-10-7-8-12-18(16)17(15)11-6-4-2/h7-8,10,13-14H,3-6,9,11-12H2,1-2H3. The molecule has 0 fully saturated rings. The van der Waals surface area contributed by atoms with Crippen molar-refractivity contribution in [1.82, 2.24) is 0 Å². The SMILES string of the molecule is CCCCc1ccc2c(c1CCCC)CC=C[CH]2. The Bertz CT molecular complexity index is 412. The van der Waals surface area contributed by atoms with Crippen LogP contribution in [-0.4, -0.2) is 0 Å². The van der Waals surface area contributed by atoms with Gasteiger partial charge < -0.3 is 0 Å². The third kappa shape index (κ3) is 3.04. The predicted octanol–water partition coefficient (Wildman–Crippen LogP) is 5.04. The van der Waals surface area contributed by atoms with Gasteiger partial charge >= 0.3 is 0 Å². The molecule has 0 unspecified atom stereocenters. The lowest BCUT2D eigenvalue weighted by molar-refractivity contribution is 0.751. The molecule has 0 aliphatic heterocycles. The van der Waals surface area contributed by atoms with Gasteiger partial charge in [0, 0.05) is 6.42 Å². The fourth-order valence-corrected chi connectivity index (χ4v) is 2.78. The second kappa shape index (κ2) is 6.78. The van der Waals surface area contributed by atoms with Gasteiger partial charge in [0.05, 0.1) is 0 Å². The van der Waals surface area contributed by atoms with E-state index in [1.165, 1.54) is 44.1 Å². The molecule has 0 saturated carbocycles. The van der Waals surface area contributed by atoms with Gasteiger partial charge in [-0.1, -0.05) is 51.0 Å². The highest BCUT2D eigenvalue weighted by Crippen LogP contribution is 2.27. The van der Waals surface area contributed by atoms with Gasteiger partial charge in [0.15, 0.2) is 0 Å². The smallest absolute Gasteiger partial charge is 0.0125 e. The Balaban J connectivity index is 2.28. The summed E-state index contributed by atoms with van der Waals surface area (Å²) in [5.74, 6) is 0. The molecule has 18 heavy (non-hydrogen) atoms. The van der Waals surface area contributed by atoms with E-state index in [0.717, 1.165) is 6.42 Å². The third-order valence-electron chi connectivity index (χ3n) is 3.88. The quantitative estimate of drug-likeness (QED) is 0.655. The van der Waals surface area contributed by atoms with Crippen molar-refractivity contribution in [2.75, 3.05) is 0 Å². The molecule has 1 aromatic rings. The first-order valence-corrected chi connectivity index (χ1v) is 7.50. The normalized spacial score (nSPS) is 13.7. The van der Waals surface area contributed by atoms with Gasteiger partial charge in [-0.05, 0) is 54.4 Å². The maximum absolute atomic E-state index is 2.37. The van der Waals surface area contributed by atoms with E-state index in [0.29, 0.717) is 0 Å². The minimum Gasteiger partial charge on any atom is -0.0835 e. The van der Waals surface area contributed by atoms with Crippen molar-refractivity contribution in [3.8, 4) is 0 Å². The van der Waals surface area contributed by atoms with Crippen molar-refractivity contribution in [2.45, 2.75) is 58.8 Å². The van der Waals surface area contributed by atoms with Crippen LogP contribution in [0.25, 0.3) is 0 Å². The number of fused-ring (bicyclic) bond motifs is 1. The van der Waals surface area contributed by atoms with E-state index in [1.54, 1.807) is 16.7 Å². The van der Waals surface area contributed by atoms with Crippen LogP contribution in [-0.2, 0) is 19.3 Å². The number of hydrogen-bond acceptors (Lipinski definition) is 0. The van der Waals surface area contributed by atoms with Crippen molar-refractivity contribution in [3.05, 3.63) is 53.0 Å². The molecule has 97 valence electrons. The average molecular weight is 241 g/mol. The number of unbranched alkanes of at least 4 members (excludes halogenated alkanes) is 2. The maximum atomic E-state index is 2.37. The molecule has 0 N–H and O–H groups in total. The summed E-state index contributed by atoms with van der Waals surface area (Å²) in [5, 5.41) is 0. The highest BCUT2D eigenvalue weighted by molar-refractivity contribution is 5.49. The van der Waals surface area contributed by atoms with Crippen molar-refractivity contribution in [1.29, 1.82) is 0 Å². The minimum absolute atomic E-state index is 1.13. The Morgan fingerprint density at radius 2 is 1.78 bits per heavy atom. The zero-order valence-corrected chi connectivity index (χ0v) is 11.8. The molecule has 0 bridgehead atoms. The minimum atomic E-state index is 1.13. The molecule has 0 heterocycles. The van der Waals surface area contributed by atoms with Crippen LogP contribution in [0.3, 0.4) is 0 Å². The van der Waals surface area contributed by atoms with Crippen LogP contribution in [0.1, 0.15) is 61.8 Å². The summed E-state index contributed by atoms with van der Waals surface area (Å²) in [5.41, 5.74) is 6.31. The van der Waals surface area contributed by atoms with Crippen LogP contribution < -0.4 is 0 Å². The first-order chi connectivity index (χ1) is 8.86. The molecule has 0 spiro atoms. The summed E-state index contributed by atoms with van der Waals surface area (Å²) < 4.78 is 0. The fraction of sp³-hybridized carbons (Fsp3) is 0.500. The Labute approximate surface area is 112 Å². The average Bonchev–Trinajstić information content (AvgIpc) is 2.43. The number of hydrogen-bond donors (Lipinski definition) is 0. The molecular weight excluding hydrogens is 216 g/mol. The largest absolute Gasteiger partial charge is 0.0835 e. The second-order valence-corrected chi connectivity index (χ2v) is 5.28. The number of allylic oxidation sites excluding steroid dienone is 2. The van der Waals surface area contributed by atoms with Crippen LogP contribution in [0, 0.1) is 6.42 Å². The van der Waals surface area contributed by atoms with E-state index in [2.05, 4.69) is 44.6 Å². The zero-order valence-electron chi connectivity index (χ0n) is 11.8. The number of aryl methyl sites for hydroxylation is 1. The van der Waals surface area contributed by atoms with E-state index in [-0.39, 0.29) is 0 Å². The Hall–Kier alpha value is -1.04. The van der Waals surface area contributed by atoms with E-state index >= 15 is 0 Å². The van der Waals surface area contributed by atoms with Crippen LogP contribution in [0.4, 0.5) is 0 Å². The van der Waals surface area contributed by atoms with Crippen molar-refractivity contribution in [2.24, 2.45) is 0 Å². The molecule has 0 heteroatoms. The summed E-state index contributed by atoms with van der Waals surface area (Å²) in [6, 6.07) is 4.69. The molecule has 0 saturated heterocycles. The first-order valence-electron chi connectivity index (χ1n) is 7.50. The van der Waals surface area contributed by atoms with Crippen molar-refractivity contribution >= 4 is 0 Å². The van der Waals surface area contributed by atoms with Crippen LogP contribution >= 0.6 is 0 Å². The lowest BCUT2D eigenvalue weighted by Gasteiger charge is -2.19. The maximum Gasteiger partial charge on any atom is 0.0125 e. The van der Waals surface area contributed by atoms with Gasteiger partial charge in [-0.25, -0.2) is 0 Å². The fourth-order valence-electron chi connectivity index (χ4n) is 2.78. The third-order valence-corrected chi connectivity index (χ3v) is 3.88. The van der Waals surface area contributed by atoms with Crippen LogP contribution in [0.15, 0.2) is 24.3 Å². The van der Waals surface area contributed by atoms with Gasteiger partial charge in [0.25, 0.3) is 0 Å². The molecule has 0 atom stereocenters. The van der Waals surface area contributed by atoms with Gasteiger partial charge in [-0.2, -0.15) is 0 Å². The first kappa shape index (κ1) is 13.4. The zero-order chi connectivity index (χ0) is 12.8. The van der Waals surface area contributed by atoms with Gasteiger partial charge in [-0.3, -0.25) is 0 Å². The van der Waals surface area contributed by atoms with E-state index in [9.17, 15) is 0 Å². The van der Waals surface area contributed by atoms with Crippen LogP contribution in [0.2, 0.25) is 0 Å². The lowest BCUT2D eigenvalue weighted by atomic mass is 9.85. The summed E-state index contributed by atoms with van der Waals surface area (Å²) in [6.45, 7) is 4.56. The Morgan fingerprint density at radius 1 is 1.00 bits per heavy atom. The highest BCUT2D eigenvalue weighted by atomic mass is 14.2. The van der Waals surface area contributed by atoms with Crippen LogP contribution in [0.5, 0.6) is 0 Å². The summed E-state index contributed by atoms with van der Waals surface area (Å²) in [7, 11) is 0. The highest BCUT2D eigenvalue weighted by Gasteiger charge is 2.13. The Morgan fingerprint density at radius 3 is 2.56 bits per heavy atom. The molecule has 1 aliphatic rings. The van der Waals surface area contributed by atoms with Gasteiger partial charge in [0.2, 0.25) is 0 Å². The molecule has 2 rings (SSSR count). The van der Waals surface area contributed by atoms with Crippen molar-refractivity contribution in [3.63, 3.8) is 0 Å². The predicted molar refractivity (Wildman–Crippen MR) is 79.9 cm³/mol. The van der Waals surface area contributed by atoms with Crippen molar-refractivity contribution < 1.29 is 0 Å². The molecule has 0 aromatic heterocycles. The monoisotopic (exact) mass is 241 g/mol. The topological polar surface area (TPSA) is 0 Å². The van der Waals surface area contributed by atoms with Gasteiger partial charge in [-0.15, -0.1) is 0 Å². The second-order valence-electron chi connectivity index (χ2n) is 5.28. The summed E-state index contributed by atoms with van der Waals surface area (Å²) in [6.07, 6.45) is 15.6. The summed E-state index contributed by atoms with van der Waals surface area (Å²) >= 11 is 0. The summed E-state index contributed by atoms with van der Waals surface area (Å²) in [4.78, 5) is 0. The lowest BCUT2D eigenvalue weighted by Crippen LogP contribution is -2.06. The Kier molecular flexibility index (Phi) is 5.04. The molecule has 0 amide bonds. The molecule has 1 aliphatic carbocycles. The number of rotatable bonds is 6. The molecular formula is C18H25. The van der Waals surface area contributed by atoms with Gasteiger partial charge in [0.1, 0.15) is 0 Å². The van der Waals surface area contributed by atoms with E-state index in [1.807, 2.05) is 0 Å². The van der Waals surface area contributed by atoms with E-state index in [4.69, 9.17) is 0 Å². The molecule has 1 aromatic carbocycles. The molecule has 1 radical (unpaired) electrons.